The lowest BCUT2D eigenvalue weighted by atomic mass is 10.1. The summed E-state index contributed by atoms with van der Waals surface area (Å²) in [7, 11) is 1.71. The number of hydrogen-bond acceptors (Lipinski definition) is 3. The summed E-state index contributed by atoms with van der Waals surface area (Å²) >= 11 is 7.02. The van der Waals surface area contributed by atoms with Gasteiger partial charge in [0.1, 0.15) is 5.75 Å². The van der Waals surface area contributed by atoms with E-state index >= 15 is 0 Å². The van der Waals surface area contributed by atoms with Gasteiger partial charge in [0, 0.05) is 29.4 Å². The first-order valence-corrected chi connectivity index (χ1v) is 8.86. The van der Waals surface area contributed by atoms with Gasteiger partial charge in [0.2, 0.25) is 0 Å². The van der Waals surface area contributed by atoms with Crippen LogP contribution in [0.1, 0.15) is 18.4 Å². The number of benzene rings is 1. The van der Waals surface area contributed by atoms with Crippen LogP contribution in [-0.2, 0) is 11.3 Å². The Hall–Kier alpha value is -0.100. The molecule has 0 aliphatic carbocycles. The van der Waals surface area contributed by atoms with Gasteiger partial charge in [-0.3, -0.25) is 4.90 Å². The quantitative estimate of drug-likeness (QED) is 0.670. The van der Waals surface area contributed by atoms with E-state index in [1.165, 1.54) is 5.56 Å². The fraction of sp³-hybridized carbons (Fsp3) is 0.600. The van der Waals surface area contributed by atoms with Gasteiger partial charge < -0.3 is 9.47 Å². The van der Waals surface area contributed by atoms with Crippen molar-refractivity contribution in [1.82, 2.24) is 4.90 Å². The van der Waals surface area contributed by atoms with E-state index in [1.54, 1.807) is 7.11 Å². The molecule has 1 fully saturated rings. The van der Waals surface area contributed by atoms with Crippen molar-refractivity contribution < 1.29 is 9.47 Å². The Balaban J connectivity index is 1.86. The number of rotatable bonds is 6. The maximum Gasteiger partial charge on any atom is 0.119 e. The number of hydrogen-bond donors (Lipinski definition) is 0. The molecule has 2 rings (SSSR count). The molecule has 0 bridgehead atoms. The maximum absolute atomic E-state index is 5.79. The predicted molar refractivity (Wildman–Crippen MR) is 88.7 cm³/mol. The molecule has 112 valence electrons. The van der Waals surface area contributed by atoms with Crippen molar-refractivity contribution >= 4 is 31.9 Å². The lowest BCUT2D eigenvalue weighted by Gasteiger charge is -2.32. The third-order valence-corrected chi connectivity index (χ3v) is 4.71. The number of likely N-dealkylation sites (tertiary alicyclic amines) is 1. The fourth-order valence-corrected chi connectivity index (χ4v) is 3.04. The molecule has 1 aliphatic heterocycles. The van der Waals surface area contributed by atoms with Gasteiger partial charge in [0.05, 0.1) is 19.8 Å². The summed E-state index contributed by atoms with van der Waals surface area (Å²) in [5.74, 6) is 0.916. The average Bonchev–Trinajstić information content (AvgIpc) is 2.49. The number of ether oxygens (including phenoxy) is 2. The second-order valence-electron chi connectivity index (χ2n) is 4.99. The molecule has 0 spiro atoms. The van der Waals surface area contributed by atoms with E-state index in [2.05, 4.69) is 48.9 Å². The largest absolute Gasteiger partial charge is 0.497 e. The second-order valence-corrected chi connectivity index (χ2v) is 6.64. The van der Waals surface area contributed by atoms with Crippen LogP contribution in [0.5, 0.6) is 5.75 Å². The SMILES string of the molecule is COc1ccc(Br)c(CN2CCC(OCCBr)CC2)c1. The summed E-state index contributed by atoms with van der Waals surface area (Å²) in [4.78, 5) is 2.48. The van der Waals surface area contributed by atoms with Crippen LogP contribution in [0, 0.1) is 0 Å². The second kappa shape index (κ2) is 8.37. The van der Waals surface area contributed by atoms with E-state index in [1.807, 2.05) is 6.07 Å². The molecule has 20 heavy (non-hydrogen) atoms. The molecule has 0 saturated carbocycles. The van der Waals surface area contributed by atoms with Crippen molar-refractivity contribution in [3.8, 4) is 5.75 Å². The maximum atomic E-state index is 5.79. The molecule has 1 aromatic carbocycles. The molecule has 0 atom stereocenters. The summed E-state index contributed by atoms with van der Waals surface area (Å²) in [5, 5.41) is 0.921. The molecule has 0 N–H and O–H groups in total. The lowest BCUT2D eigenvalue weighted by Crippen LogP contribution is -2.36. The Morgan fingerprint density at radius 3 is 2.70 bits per heavy atom. The zero-order valence-corrected chi connectivity index (χ0v) is 15.0. The van der Waals surface area contributed by atoms with Gasteiger partial charge in [0.25, 0.3) is 0 Å². The zero-order chi connectivity index (χ0) is 14.4. The summed E-state index contributed by atoms with van der Waals surface area (Å²) in [6, 6.07) is 6.14. The first-order chi connectivity index (χ1) is 9.72. The molecular weight excluding hydrogens is 386 g/mol. The number of methoxy groups -OCH3 is 1. The van der Waals surface area contributed by atoms with Crippen LogP contribution in [0.4, 0.5) is 0 Å². The minimum atomic E-state index is 0.428. The van der Waals surface area contributed by atoms with E-state index in [0.717, 1.165) is 54.6 Å². The molecule has 3 nitrogen and oxygen atoms in total. The van der Waals surface area contributed by atoms with E-state index in [-0.39, 0.29) is 0 Å². The van der Waals surface area contributed by atoms with Crippen LogP contribution in [0.25, 0.3) is 0 Å². The molecule has 1 aromatic rings. The van der Waals surface area contributed by atoms with Crippen LogP contribution in [0.2, 0.25) is 0 Å². The highest BCUT2D eigenvalue weighted by Gasteiger charge is 2.20. The molecule has 5 heteroatoms. The number of piperidine rings is 1. The standard InChI is InChI=1S/C15H21Br2NO2/c1-19-14-2-3-15(17)12(10-14)11-18-7-4-13(5-8-18)20-9-6-16/h2-3,10,13H,4-9,11H2,1H3. The van der Waals surface area contributed by atoms with E-state index in [4.69, 9.17) is 9.47 Å². The monoisotopic (exact) mass is 405 g/mol. The van der Waals surface area contributed by atoms with Crippen LogP contribution in [0.15, 0.2) is 22.7 Å². The topological polar surface area (TPSA) is 21.7 Å². The van der Waals surface area contributed by atoms with Crippen molar-refractivity contribution in [2.75, 3.05) is 32.1 Å². The number of nitrogens with zero attached hydrogens (tertiary/aromatic N) is 1. The Morgan fingerprint density at radius 2 is 2.05 bits per heavy atom. The van der Waals surface area contributed by atoms with Crippen LogP contribution < -0.4 is 4.74 Å². The Labute approximate surface area is 137 Å². The smallest absolute Gasteiger partial charge is 0.119 e. The average molecular weight is 407 g/mol. The first-order valence-electron chi connectivity index (χ1n) is 6.95. The van der Waals surface area contributed by atoms with Crippen molar-refractivity contribution in [1.29, 1.82) is 0 Å². The van der Waals surface area contributed by atoms with Crippen molar-refractivity contribution in [2.45, 2.75) is 25.5 Å². The highest BCUT2D eigenvalue weighted by molar-refractivity contribution is 9.10. The van der Waals surface area contributed by atoms with Gasteiger partial charge in [-0.25, -0.2) is 0 Å². The first kappa shape index (κ1) is 16.3. The van der Waals surface area contributed by atoms with Gasteiger partial charge in [-0.2, -0.15) is 0 Å². The van der Waals surface area contributed by atoms with Gasteiger partial charge in [-0.15, -0.1) is 0 Å². The third-order valence-electron chi connectivity index (χ3n) is 3.61. The highest BCUT2D eigenvalue weighted by Crippen LogP contribution is 2.25. The van der Waals surface area contributed by atoms with Crippen molar-refractivity contribution in [2.24, 2.45) is 0 Å². The van der Waals surface area contributed by atoms with Gasteiger partial charge in [-0.1, -0.05) is 31.9 Å². The van der Waals surface area contributed by atoms with E-state index < -0.39 is 0 Å². The molecule has 0 radical (unpaired) electrons. The summed E-state index contributed by atoms with van der Waals surface area (Å²) in [5.41, 5.74) is 1.28. The minimum Gasteiger partial charge on any atom is -0.497 e. The van der Waals surface area contributed by atoms with Crippen molar-refractivity contribution in [3.63, 3.8) is 0 Å². The molecule has 1 heterocycles. The Kier molecular flexibility index (Phi) is 6.81. The fourth-order valence-electron chi connectivity index (χ4n) is 2.49. The van der Waals surface area contributed by atoms with Gasteiger partial charge >= 0.3 is 0 Å². The molecule has 0 aromatic heterocycles. The van der Waals surface area contributed by atoms with Crippen LogP contribution in [-0.4, -0.2) is 43.1 Å². The Morgan fingerprint density at radius 1 is 1.30 bits per heavy atom. The number of halogens is 2. The minimum absolute atomic E-state index is 0.428. The molecule has 0 unspecified atom stereocenters. The highest BCUT2D eigenvalue weighted by atomic mass is 79.9. The predicted octanol–water partition coefficient (Wildman–Crippen LogP) is 3.83. The van der Waals surface area contributed by atoms with Gasteiger partial charge in [-0.05, 0) is 36.6 Å². The molecule has 1 saturated heterocycles. The summed E-state index contributed by atoms with van der Waals surface area (Å²) < 4.78 is 12.2. The number of alkyl halides is 1. The third kappa shape index (κ3) is 4.72. The lowest BCUT2D eigenvalue weighted by molar-refractivity contribution is 0.0141. The zero-order valence-electron chi connectivity index (χ0n) is 11.8. The summed E-state index contributed by atoms with van der Waals surface area (Å²) in [6.07, 6.45) is 2.67. The molecule has 0 amide bonds. The normalized spacial score (nSPS) is 17.4. The van der Waals surface area contributed by atoms with Crippen molar-refractivity contribution in [3.05, 3.63) is 28.2 Å². The molecule has 1 aliphatic rings. The van der Waals surface area contributed by atoms with Gasteiger partial charge in [0.15, 0.2) is 0 Å². The Bertz CT molecular complexity index is 420. The van der Waals surface area contributed by atoms with E-state index in [9.17, 15) is 0 Å². The van der Waals surface area contributed by atoms with Crippen LogP contribution in [0.3, 0.4) is 0 Å². The molecular formula is C15H21Br2NO2. The van der Waals surface area contributed by atoms with Crippen LogP contribution >= 0.6 is 31.9 Å². The summed E-state index contributed by atoms with van der Waals surface area (Å²) in [6.45, 7) is 3.96. The van der Waals surface area contributed by atoms with E-state index in [0.29, 0.717) is 6.10 Å².